The summed E-state index contributed by atoms with van der Waals surface area (Å²) in [6.45, 7) is 10.3. The number of aryl methyl sites for hydroxylation is 3. The van der Waals surface area contributed by atoms with E-state index in [1.165, 1.54) is 16.2 Å². The lowest BCUT2D eigenvalue weighted by Crippen LogP contribution is -2.41. The minimum atomic E-state index is -1.22. The number of nitrogens with one attached hydrogen (secondary N) is 3. The van der Waals surface area contributed by atoms with E-state index >= 15 is 0 Å². The number of aromatic nitrogens is 6. The number of anilines is 1. The number of aliphatic imine (C=N–C) groups is 1. The summed E-state index contributed by atoms with van der Waals surface area (Å²) in [6, 6.07) is 5.35. The molecule has 56 heavy (non-hydrogen) atoms. The quantitative estimate of drug-likeness (QED) is 0.0501. The first kappa shape index (κ1) is 39.0. The third-order valence-corrected chi connectivity index (χ3v) is 11.4. The molecule has 2 saturated heterocycles. The predicted octanol–water partition coefficient (Wildman–Crippen LogP) is 1.30. The van der Waals surface area contributed by atoms with Gasteiger partial charge in [0.25, 0.3) is 5.56 Å². The number of aliphatic hydroxyl groups excluding tert-OH is 2. The van der Waals surface area contributed by atoms with Gasteiger partial charge in [0.2, 0.25) is 5.95 Å². The van der Waals surface area contributed by atoms with Gasteiger partial charge in [0.1, 0.15) is 49.0 Å². The summed E-state index contributed by atoms with van der Waals surface area (Å²) < 4.78 is 22.8. The van der Waals surface area contributed by atoms with Crippen LogP contribution in [0.2, 0.25) is 0 Å². The van der Waals surface area contributed by atoms with Crippen molar-refractivity contribution >= 4 is 40.4 Å². The SMILES string of the molecule is CCn1c(=O)c2c(nc(C(=N)Cc3ccc(OCCNc4nc(C)c5c(n4)C([C@@H]4OC(C(=N)C6C[N+]6(C)CC)[C@@H](O)[C@H]4O)C=N5)c(OC)c3)n2C)n(CC)c1=O. The number of quaternary nitrogens is 1. The van der Waals surface area contributed by atoms with Crippen LogP contribution < -0.4 is 26.0 Å². The molecule has 0 aliphatic carbocycles. The van der Waals surface area contributed by atoms with Crippen LogP contribution in [0.5, 0.6) is 11.5 Å². The summed E-state index contributed by atoms with van der Waals surface area (Å²) in [5.74, 6) is 1.07. The van der Waals surface area contributed by atoms with Crippen molar-refractivity contribution in [2.75, 3.05) is 45.7 Å². The highest BCUT2D eigenvalue weighted by atomic mass is 16.5. The molecule has 0 bridgehead atoms. The summed E-state index contributed by atoms with van der Waals surface area (Å²) in [5, 5.41) is 42.8. The van der Waals surface area contributed by atoms with E-state index in [0.717, 1.165) is 23.1 Å². The molecule has 7 atom stereocenters. The van der Waals surface area contributed by atoms with Gasteiger partial charge in [-0.15, -0.1) is 0 Å². The molecular weight excluding hydrogens is 722 g/mol. The molecule has 0 radical (unpaired) electrons. The maximum absolute atomic E-state index is 13.1. The van der Waals surface area contributed by atoms with E-state index in [4.69, 9.17) is 30.0 Å². The van der Waals surface area contributed by atoms with Crippen molar-refractivity contribution in [3.63, 3.8) is 0 Å². The molecule has 1 aromatic carbocycles. The Labute approximate surface area is 323 Å². The van der Waals surface area contributed by atoms with E-state index in [1.807, 2.05) is 19.9 Å². The molecule has 18 heteroatoms. The average molecular weight is 773 g/mol. The van der Waals surface area contributed by atoms with Gasteiger partial charge in [0, 0.05) is 32.8 Å². The van der Waals surface area contributed by atoms with E-state index in [1.54, 1.807) is 36.9 Å². The van der Waals surface area contributed by atoms with Gasteiger partial charge >= 0.3 is 5.69 Å². The lowest BCUT2D eigenvalue weighted by Gasteiger charge is -2.21. The fraction of sp³-hybridized carbons (Fsp3) is 0.526. The Morgan fingerprint density at radius 2 is 1.82 bits per heavy atom. The van der Waals surface area contributed by atoms with Crippen molar-refractivity contribution in [1.29, 1.82) is 10.8 Å². The second-order valence-corrected chi connectivity index (χ2v) is 14.8. The number of hydrogen-bond donors (Lipinski definition) is 5. The number of rotatable bonds is 15. The first-order valence-electron chi connectivity index (χ1n) is 18.9. The summed E-state index contributed by atoms with van der Waals surface area (Å²) in [7, 11) is 5.28. The number of benzene rings is 1. The van der Waals surface area contributed by atoms with Crippen molar-refractivity contribution in [3.8, 4) is 11.5 Å². The van der Waals surface area contributed by atoms with Crippen molar-refractivity contribution in [1.82, 2.24) is 28.7 Å². The number of methoxy groups -OCH3 is 1. The standard InChI is InChI=1S/C38H50N11O7/c1-8-47-35-29(36(52)48(9-2)38(47)53)46(5)34(45-35)22(39)15-20-11-12-24(25(16-20)54-7)55-14-13-41-37-43-19(4)27-28(44-37)21(17-42-27)32-30(50)31(51)33(56-32)26(40)23-18-49(23,6)10-3/h11-12,16-17,21,23,30-33,39-40,50-51H,8-10,13-15,18H2,1-7H3,(H,41,43,44)/q+1/t21?,23?,30-,31+,32+,33?,49?/m1/s1. The Morgan fingerprint density at radius 1 is 1.07 bits per heavy atom. The number of aliphatic hydroxyl groups is 2. The van der Waals surface area contributed by atoms with Crippen LogP contribution in [-0.4, -0.2) is 132 Å². The Kier molecular flexibility index (Phi) is 10.4. The average Bonchev–Trinajstić information content (AvgIpc) is 3.38. The Hall–Kier alpha value is -5.30. The Balaban J connectivity index is 0.986. The number of likely N-dealkylation sites (N-methyl/N-ethyl adjacent to an activating group) is 1. The van der Waals surface area contributed by atoms with Crippen LogP contribution in [0.1, 0.15) is 49.5 Å². The number of nitrogens with zero attached hydrogens (tertiary/aromatic N) is 8. The minimum Gasteiger partial charge on any atom is -0.493 e. The molecule has 3 aliphatic heterocycles. The van der Waals surface area contributed by atoms with Crippen LogP contribution in [-0.2, 0) is 31.3 Å². The lowest BCUT2D eigenvalue weighted by atomic mass is 9.93. The molecule has 0 saturated carbocycles. The molecule has 3 aliphatic rings. The van der Waals surface area contributed by atoms with Crippen molar-refractivity contribution in [3.05, 3.63) is 61.8 Å². The zero-order valence-electron chi connectivity index (χ0n) is 32.7. The fourth-order valence-electron chi connectivity index (χ4n) is 7.85. The molecule has 3 aromatic heterocycles. The third kappa shape index (κ3) is 6.59. The van der Waals surface area contributed by atoms with Crippen LogP contribution in [0, 0.1) is 17.7 Å². The molecule has 4 unspecified atom stereocenters. The van der Waals surface area contributed by atoms with Crippen LogP contribution in [0.25, 0.3) is 11.2 Å². The van der Waals surface area contributed by atoms with Gasteiger partial charge < -0.3 is 49.6 Å². The molecule has 298 valence electrons. The molecule has 0 spiro atoms. The number of fused-ring (bicyclic) bond motifs is 2. The number of ether oxygens (including phenoxy) is 3. The molecule has 2 fully saturated rings. The molecule has 0 amide bonds. The van der Waals surface area contributed by atoms with Gasteiger partial charge in [-0.05, 0) is 45.4 Å². The normalized spacial score (nSPS) is 25.1. The first-order chi connectivity index (χ1) is 26.8. The number of imidazole rings is 1. The predicted molar refractivity (Wildman–Crippen MR) is 210 cm³/mol. The maximum atomic E-state index is 13.1. The topological polar surface area (TPSA) is 228 Å². The highest BCUT2D eigenvalue weighted by Gasteiger charge is 2.59. The monoisotopic (exact) mass is 772 g/mol. The summed E-state index contributed by atoms with van der Waals surface area (Å²) >= 11 is 0. The highest BCUT2D eigenvalue weighted by Crippen LogP contribution is 2.42. The molecule has 18 nitrogen and oxygen atoms in total. The van der Waals surface area contributed by atoms with E-state index in [2.05, 4.69) is 34.2 Å². The maximum Gasteiger partial charge on any atom is 0.332 e. The molecule has 6 heterocycles. The summed E-state index contributed by atoms with van der Waals surface area (Å²) in [4.78, 5) is 44.4. The second-order valence-electron chi connectivity index (χ2n) is 14.8. The molecule has 4 aromatic rings. The fourth-order valence-corrected chi connectivity index (χ4v) is 7.85. The van der Waals surface area contributed by atoms with Gasteiger partial charge in [0.05, 0.1) is 50.3 Å². The van der Waals surface area contributed by atoms with Crippen molar-refractivity contribution in [2.24, 2.45) is 12.0 Å². The zero-order chi connectivity index (χ0) is 40.2. The van der Waals surface area contributed by atoms with Gasteiger partial charge in [-0.1, -0.05) is 6.07 Å². The Bertz CT molecular complexity index is 2370. The summed E-state index contributed by atoms with van der Waals surface area (Å²) in [5.41, 5.74) is 2.72. The smallest absolute Gasteiger partial charge is 0.332 e. The lowest BCUT2D eigenvalue weighted by molar-refractivity contribution is -0.783. The van der Waals surface area contributed by atoms with Gasteiger partial charge in [-0.3, -0.25) is 18.9 Å². The largest absolute Gasteiger partial charge is 0.493 e. The van der Waals surface area contributed by atoms with E-state index in [9.17, 15) is 19.8 Å². The number of hydrogen-bond acceptors (Lipinski definition) is 14. The van der Waals surface area contributed by atoms with Crippen LogP contribution in [0.4, 0.5) is 11.6 Å². The highest BCUT2D eigenvalue weighted by molar-refractivity contribution is 5.99. The molecule has 7 rings (SSSR count). The van der Waals surface area contributed by atoms with Crippen LogP contribution in [0.15, 0.2) is 32.8 Å². The molecular formula is C38H50N11O7+. The summed E-state index contributed by atoms with van der Waals surface area (Å²) in [6.07, 6.45) is -2.31. The van der Waals surface area contributed by atoms with E-state index in [-0.39, 0.29) is 42.5 Å². The zero-order valence-corrected chi connectivity index (χ0v) is 32.7. The van der Waals surface area contributed by atoms with Crippen molar-refractivity contribution < 1.29 is 28.9 Å². The van der Waals surface area contributed by atoms with Gasteiger partial charge in [-0.25, -0.2) is 19.7 Å². The van der Waals surface area contributed by atoms with Crippen LogP contribution >= 0.6 is 0 Å². The van der Waals surface area contributed by atoms with Crippen molar-refractivity contribution in [2.45, 2.75) is 83.6 Å². The van der Waals surface area contributed by atoms with E-state index in [0.29, 0.717) is 59.1 Å². The van der Waals surface area contributed by atoms with Gasteiger partial charge in [0.15, 0.2) is 34.5 Å². The first-order valence-corrected chi connectivity index (χ1v) is 18.9. The third-order valence-electron chi connectivity index (χ3n) is 11.4. The Morgan fingerprint density at radius 3 is 2.50 bits per heavy atom. The molecule has 5 N–H and O–H groups in total. The van der Waals surface area contributed by atoms with Crippen LogP contribution in [0.3, 0.4) is 0 Å². The minimum absolute atomic E-state index is 0.0309. The second kappa shape index (κ2) is 15.0. The van der Waals surface area contributed by atoms with Gasteiger partial charge in [-0.2, -0.15) is 0 Å². The van der Waals surface area contributed by atoms with E-state index < -0.39 is 41.6 Å².